The van der Waals surface area contributed by atoms with Crippen LogP contribution >= 0.6 is 11.8 Å². The van der Waals surface area contributed by atoms with Gasteiger partial charge in [-0.05, 0) is 43.2 Å². The van der Waals surface area contributed by atoms with E-state index in [1.807, 2.05) is 12.1 Å². The van der Waals surface area contributed by atoms with Crippen molar-refractivity contribution < 1.29 is 4.74 Å². The van der Waals surface area contributed by atoms with Gasteiger partial charge >= 0.3 is 0 Å². The third-order valence-corrected chi connectivity index (χ3v) is 4.96. The number of hydrogen-bond donors (Lipinski definition) is 1. The summed E-state index contributed by atoms with van der Waals surface area (Å²) in [6.07, 6.45) is 4.45. The third kappa shape index (κ3) is 4.59. The first-order valence-corrected chi connectivity index (χ1v) is 7.88. The van der Waals surface area contributed by atoms with Crippen molar-refractivity contribution in [2.45, 2.75) is 31.1 Å². The first kappa shape index (κ1) is 14.5. The summed E-state index contributed by atoms with van der Waals surface area (Å²) in [6.45, 7) is 8.59. The van der Waals surface area contributed by atoms with Gasteiger partial charge in [0.15, 0.2) is 0 Å². The van der Waals surface area contributed by atoms with Crippen LogP contribution in [0.15, 0.2) is 36.9 Å². The van der Waals surface area contributed by atoms with E-state index in [0.29, 0.717) is 11.4 Å². The van der Waals surface area contributed by atoms with Gasteiger partial charge in [0.2, 0.25) is 0 Å². The summed E-state index contributed by atoms with van der Waals surface area (Å²) < 4.78 is 5.91. The van der Waals surface area contributed by atoms with Crippen LogP contribution in [-0.4, -0.2) is 23.7 Å². The smallest absolute Gasteiger partial charge is 0.119 e. The Labute approximate surface area is 120 Å². The minimum Gasteiger partial charge on any atom is -0.490 e. The zero-order valence-electron chi connectivity index (χ0n) is 11.7. The zero-order valence-corrected chi connectivity index (χ0v) is 12.5. The molecule has 1 aliphatic rings. The predicted octanol–water partition coefficient (Wildman–Crippen LogP) is 3.63. The summed E-state index contributed by atoms with van der Waals surface area (Å²) in [5, 5.41) is 3.57. The second-order valence-electron chi connectivity index (χ2n) is 5.25. The summed E-state index contributed by atoms with van der Waals surface area (Å²) in [5.74, 6) is 2.22. The predicted molar refractivity (Wildman–Crippen MR) is 83.9 cm³/mol. The maximum Gasteiger partial charge on any atom is 0.119 e. The maximum absolute atomic E-state index is 5.47. The van der Waals surface area contributed by atoms with Crippen molar-refractivity contribution in [2.24, 2.45) is 0 Å². The van der Waals surface area contributed by atoms with Gasteiger partial charge in [0.05, 0.1) is 0 Å². The third-order valence-electron chi connectivity index (χ3n) is 3.42. The SMILES string of the molecule is C=CCOc1ccc(CNCC2(C)CCCS2)cc1. The van der Waals surface area contributed by atoms with Gasteiger partial charge in [-0.25, -0.2) is 0 Å². The summed E-state index contributed by atoms with van der Waals surface area (Å²) in [5.41, 5.74) is 1.30. The second kappa shape index (κ2) is 7.01. The molecule has 1 aromatic carbocycles. The van der Waals surface area contributed by atoms with Crippen LogP contribution in [0.3, 0.4) is 0 Å². The van der Waals surface area contributed by atoms with Crippen molar-refractivity contribution in [3.05, 3.63) is 42.5 Å². The minimum atomic E-state index is 0.438. The van der Waals surface area contributed by atoms with E-state index >= 15 is 0 Å². The molecule has 1 unspecified atom stereocenters. The molecule has 19 heavy (non-hydrogen) atoms. The molecule has 0 aromatic heterocycles. The van der Waals surface area contributed by atoms with E-state index in [0.717, 1.165) is 18.8 Å². The summed E-state index contributed by atoms with van der Waals surface area (Å²) in [7, 11) is 0. The summed E-state index contributed by atoms with van der Waals surface area (Å²) in [6, 6.07) is 8.28. The first-order chi connectivity index (χ1) is 9.22. The molecule has 1 atom stereocenters. The molecular weight excluding hydrogens is 254 g/mol. The molecular formula is C16H23NOS. The molecule has 0 amide bonds. The summed E-state index contributed by atoms with van der Waals surface area (Å²) in [4.78, 5) is 0. The molecule has 1 heterocycles. The van der Waals surface area contributed by atoms with Gasteiger partial charge in [-0.2, -0.15) is 11.8 Å². The Bertz CT molecular complexity index is 396. The lowest BCUT2D eigenvalue weighted by atomic mass is 10.1. The Morgan fingerprint density at radius 3 is 2.84 bits per heavy atom. The van der Waals surface area contributed by atoms with Crippen LogP contribution in [0.2, 0.25) is 0 Å². The van der Waals surface area contributed by atoms with Crippen LogP contribution in [0.5, 0.6) is 5.75 Å². The highest BCUT2D eigenvalue weighted by molar-refractivity contribution is 8.00. The van der Waals surface area contributed by atoms with Crippen LogP contribution in [0, 0.1) is 0 Å². The average Bonchev–Trinajstić information content (AvgIpc) is 2.85. The first-order valence-electron chi connectivity index (χ1n) is 6.89. The normalized spacial score (nSPS) is 22.4. The Balaban J connectivity index is 1.75. The quantitative estimate of drug-likeness (QED) is 0.769. The van der Waals surface area contributed by atoms with E-state index in [-0.39, 0.29) is 0 Å². The van der Waals surface area contributed by atoms with E-state index in [1.165, 1.54) is 24.2 Å². The molecule has 0 saturated carbocycles. The highest BCUT2D eigenvalue weighted by atomic mass is 32.2. The van der Waals surface area contributed by atoms with Gasteiger partial charge in [-0.1, -0.05) is 24.8 Å². The lowest BCUT2D eigenvalue weighted by molar-refractivity contribution is 0.363. The number of ether oxygens (including phenoxy) is 1. The second-order valence-corrected chi connectivity index (χ2v) is 6.93. The number of nitrogens with one attached hydrogen (secondary N) is 1. The molecule has 2 nitrogen and oxygen atoms in total. The molecule has 1 saturated heterocycles. The summed E-state index contributed by atoms with van der Waals surface area (Å²) >= 11 is 2.10. The van der Waals surface area contributed by atoms with Crippen LogP contribution in [0.25, 0.3) is 0 Å². The van der Waals surface area contributed by atoms with Gasteiger partial charge in [-0.3, -0.25) is 0 Å². The fourth-order valence-corrected chi connectivity index (χ4v) is 3.58. The average molecular weight is 277 g/mol. The van der Waals surface area contributed by atoms with E-state index < -0.39 is 0 Å². The molecule has 0 radical (unpaired) electrons. The molecule has 1 aliphatic heterocycles. The van der Waals surface area contributed by atoms with Gasteiger partial charge < -0.3 is 10.1 Å². The molecule has 0 spiro atoms. The lowest BCUT2D eigenvalue weighted by Crippen LogP contribution is -2.32. The Morgan fingerprint density at radius 2 is 2.21 bits per heavy atom. The van der Waals surface area contributed by atoms with Gasteiger partial charge in [0, 0.05) is 17.8 Å². The van der Waals surface area contributed by atoms with E-state index in [4.69, 9.17) is 4.74 Å². The Kier molecular flexibility index (Phi) is 5.34. The topological polar surface area (TPSA) is 21.3 Å². The largest absolute Gasteiger partial charge is 0.490 e. The Hall–Kier alpha value is -0.930. The molecule has 1 N–H and O–H groups in total. The monoisotopic (exact) mass is 277 g/mol. The van der Waals surface area contributed by atoms with E-state index in [9.17, 15) is 0 Å². The maximum atomic E-state index is 5.47. The van der Waals surface area contributed by atoms with Crippen LogP contribution in [0.4, 0.5) is 0 Å². The number of hydrogen-bond acceptors (Lipinski definition) is 3. The number of benzene rings is 1. The van der Waals surface area contributed by atoms with Crippen LogP contribution in [-0.2, 0) is 6.54 Å². The van der Waals surface area contributed by atoms with Gasteiger partial charge in [-0.15, -0.1) is 0 Å². The van der Waals surface area contributed by atoms with Gasteiger partial charge in [0.25, 0.3) is 0 Å². The molecule has 1 fully saturated rings. The van der Waals surface area contributed by atoms with E-state index in [1.54, 1.807) is 6.08 Å². The molecule has 2 rings (SSSR count). The standard InChI is InChI=1S/C16H23NOS/c1-3-10-18-15-7-5-14(6-8-15)12-17-13-16(2)9-4-11-19-16/h3,5-8,17H,1,4,9-13H2,2H3. The molecule has 3 heteroatoms. The Morgan fingerprint density at radius 1 is 1.42 bits per heavy atom. The van der Waals surface area contributed by atoms with Crippen LogP contribution in [0.1, 0.15) is 25.3 Å². The molecule has 1 aromatic rings. The fraction of sp³-hybridized carbons (Fsp3) is 0.500. The van der Waals surface area contributed by atoms with Crippen molar-refractivity contribution in [1.82, 2.24) is 5.32 Å². The highest BCUT2D eigenvalue weighted by Gasteiger charge is 2.28. The lowest BCUT2D eigenvalue weighted by Gasteiger charge is -2.23. The van der Waals surface area contributed by atoms with Gasteiger partial charge in [0.1, 0.15) is 12.4 Å². The number of rotatable bonds is 7. The van der Waals surface area contributed by atoms with Crippen molar-refractivity contribution >= 4 is 11.8 Å². The van der Waals surface area contributed by atoms with Crippen molar-refractivity contribution in [3.63, 3.8) is 0 Å². The highest BCUT2D eigenvalue weighted by Crippen LogP contribution is 2.36. The molecule has 0 aliphatic carbocycles. The minimum absolute atomic E-state index is 0.438. The van der Waals surface area contributed by atoms with Crippen molar-refractivity contribution in [2.75, 3.05) is 18.9 Å². The van der Waals surface area contributed by atoms with Crippen LogP contribution < -0.4 is 10.1 Å². The van der Waals surface area contributed by atoms with E-state index in [2.05, 4.69) is 42.7 Å². The molecule has 0 bridgehead atoms. The van der Waals surface area contributed by atoms with Crippen molar-refractivity contribution in [3.8, 4) is 5.75 Å². The fourth-order valence-electron chi connectivity index (χ4n) is 2.31. The molecule has 104 valence electrons. The van der Waals surface area contributed by atoms with Crippen molar-refractivity contribution in [1.29, 1.82) is 0 Å². The number of thioether (sulfide) groups is 1. The zero-order chi connectivity index (χ0) is 13.6.